The van der Waals surface area contributed by atoms with Crippen molar-refractivity contribution in [3.8, 4) is 0 Å². The highest BCUT2D eigenvalue weighted by molar-refractivity contribution is 7.71. The van der Waals surface area contributed by atoms with Crippen LogP contribution in [0.2, 0.25) is 0 Å². The SMILES string of the molecule is COC(C)(C)Cn1c(CO)n[nH]c1=S. The van der Waals surface area contributed by atoms with E-state index in [9.17, 15) is 0 Å². The highest BCUT2D eigenvalue weighted by Crippen LogP contribution is 2.12. The first-order valence-electron chi connectivity index (χ1n) is 4.30. The maximum Gasteiger partial charge on any atom is 0.195 e. The molecular weight excluding hydrogens is 202 g/mol. The van der Waals surface area contributed by atoms with Gasteiger partial charge in [0.05, 0.1) is 12.1 Å². The van der Waals surface area contributed by atoms with Gasteiger partial charge < -0.3 is 9.84 Å². The average Bonchev–Trinajstić information content (AvgIpc) is 2.48. The topological polar surface area (TPSA) is 63.1 Å². The van der Waals surface area contributed by atoms with Gasteiger partial charge in [-0.2, -0.15) is 5.10 Å². The van der Waals surface area contributed by atoms with Crippen LogP contribution in [0.3, 0.4) is 0 Å². The molecule has 0 bridgehead atoms. The molecule has 1 rings (SSSR count). The quantitative estimate of drug-likeness (QED) is 0.734. The van der Waals surface area contributed by atoms with Crippen molar-refractivity contribution in [3.63, 3.8) is 0 Å². The standard InChI is InChI=1S/C8H15N3O2S/c1-8(2,13-3)5-11-6(4-12)9-10-7(11)14/h12H,4-5H2,1-3H3,(H,10,14). The molecule has 5 nitrogen and oxygen atoms in total. The minimum absolute atomic E-state index is 0.132. The molecule has 14 heavy (non-hydrogen) atoms. The summed E-state index contributed by atoms with van der Waals surface area (Å²) < 4.78 is 7.51. The van der Waals surface area contributed by atoms with Gasteiger partial charge in [-0.3, -0.25) is 9.67 Å². The lowest BCUT2D eigenvalue weighted by atomic mass is 10.1. The van der Waals surface area contributed by atoms with Gasteiger partial charge in [-0.1, -0.05) is 0 Å². The van der Waals surface area contributed by atoms with E-state index in [1.807, 2.05) is 13.8 Å². The zero-order valence-electron chi connectivity index (χ0n) is 8.57. The second-order valence-corrected chi connectivity index (χ2v) is 4.04. The van der Waals surface area contributed by atoms with E-state index in [-0.39, 0.29) is 12.2 Å². The van der Waals surface area contributed by atoms with Gasteiger partial charge in [0, 0.05) is 7.11 Å². The van der Waals surface area contributed by atoms with E-state index in [2.05, 4.69) is 10.2 Å². The third-order valence-corrected chi connectivity index (χ3v) is 2.38. The summed E-state index contributed by atoms with van der Waals surface area (Å²) in [7, 11) is 1.64. The van der Waals surface area contributed by atoms with Gasteiger partial charge in [0.15, 0.2) is 10.6 Å². The van der Waals surface area contributed by atoms with Gasteiger partial charge in [0.1, 0.15) is 6.61 Å². The Kier molecular flexibility index (Phi) is 3.41. The van der Waals surface area contributed by atoms with Crippen LogP contribution in [0.15, 0.2) is 0 Å². The van der Waals surface area contributed by atoms with E-state index < -0.39 is 0 Å². The van der Waals surface area contributed by atoms with E-state index in [0.29, 0.717) is 17.1 Å². The first kappa shape index (κ1) is 11.4. The molecular formula is C8H15N3O2S. The molecule has 0 spiro atoms. The van der Waals surface area contributed by atoms with Gasteiger partial charge in [0.2, 0.25) is 0 Å². The zero-order valence-corrected chi connectivity index (χ0v) is 9.39. The summed E-state index contributed by atoms with van der Waals surface area (Å²) in [5.74, 6) is 0.528. The van der Waals surface area contributed by atoms with Crippen molar-refractivity contribution in [3.05, 3.63) is 10.6 Å². The molecule has 0 amide bonds. The lowest BCUT2D eigenvalue weighted by Gasteiger charge is -2.23. The molecule has 1 heterocycles. The van der Waals surface area contributed by atoms with Crippen LogP contribution >= 0.6 is 12.2 Å². The maximum atomic E-state index is 9.01. The number of rotatable bonds is 4. The Hall–Kier alpha value is -0.720. The predicted octanol–water partition coefficient (Wildman–Crippen LogP) is 0.858. The Bertz CT molecular complexity index is 356. The summed E-state index contributed by atoms with van der Waals surface area (Å²) in [5, 5.41) is 15.5. The van der Waals surface area contributed by atoms with Crippen molar-refractivity contribution in [2.24, 2.45) is 0 Å². The van der Waals surface area contributed by atoms with Crippen LogP contribution in [0.1, 0.15) is 19.7 Å². The van der Waals surface area contributed by atoms with E-state index in [4.69, 9.17) is 22.1 Å². The third kappa shape index (κ3) is 2.40. The number of nitrogens with one attached hydrogen (secondary N) is 1. The summed E-state index contributed by atoms with van der Waals surface area (Å²) in [6.45, 7) is 4.33. The van der Waals surface area contributed by atoms with Crippen molar-refractivity contribution in [1.82, 2.24) is 14.8 Å². The highest BCUT2D eigenvalue weighted by Gasteiger charge is 2.19. The van der Waals surface area contributed by atoms with Crippen molar-refractivity contribution in [2.75, 3.05) is 7.11 Å². The van der Waals surface area contributed by atoms with Crippen LogP contribution in [0, 0.1) is 4.77 Å². The molecule has 0 unspecified atom stereocenters. The fraction of sp³-hybridized carbons (Fsp3) is 0.750. The first-order valence-corrected chi connectivity index (χ1v) is 4.71. The predicted molar refractivity (Wildman–Crippen MR) is 54.4 cm³/mol. The van der Waals surface area contributed by atoms with Crippen LogP contribution in [-0.4, -0.2) is 32.6 Å². The molecule has 0 aromatic carbocycles. The lowest BCUT2D eigenvalue weighted by molar-refractivity contribution is 0.00651. The molecule has 0 aliphatic carbocycles. The van der Waals surface area contributed by atoms with Crippen LogP contribution < -0.4 is 0 Å². The first-order chi connectivity index (χ1) is 6.50. The van der Waals surface area contributed by atoms with Crippen molar-refractivity contribution >= 4 is 12.2 Å². The minimum atomic E-state index is -0.327. The molecule has 1 aromatic heterocycles. The number of H-pyrrole nitrogens is 1. The monoisotopic (exact) mass is 217 g/mol. The summed E-state index contributed by atoms with van der Waals surface area (Å²) in [4.78, 5) is 0. The number of hydrogen-bond donors (Lipinski definition) is 2. The number of aliphatic hydroxyl groups is 1. The van der Waals surface area contributed by atoms with Crippen molar-refractivity contribution in [2.45, 2.75) is 32.6 Å². The van der Waals surface area contributed by atoms with Crippen molar-refractivity contribution in [1.29, 1.82) is 0 Å². The van der Waals surface area contributed by atoms with E-state index in [1.54, 1.807) is 11.7 Å². The number of ether oxygens (including phenoxy) is 1. The Balaban J connectivity index is 2.95. The molecule has 0 saturated heterocycles. The smallest absolute Gasteiger partial charge is 0.195 e. The van der Waals surface area contributed by atoms with E-state index >= 15 is 0 Å². The number of hydrogen-bond acceptors (Lipinski definition) is 4. The van der Waals surface area contributed by atoms with Gasteiger partial charge >= 0.3 is 0 Å². The van der Waals surface area contributed by atoms with Gasteiger partial charge in [-0.15, -0.1) is 0 Å². The van der Waals surface area contributed by atoms with Crippen molar-refractivity contribution < 1.29 is 9.84 Å². The largest absolute Gasteiger partial charge is 0.388 e. The Labute approximate surface area is 87.7 Å². The molecule has 0 fully saturated rings. The molecule has 0 aliphatic rings. The molecule has 1 aromatic rings. The number of aromatic nitrogens is 3. The van der Waals surface area contributed by atoms with Crippen LogP contribution in [-0.2, 0) is 17.9 Å². The second kappa shape index (κ2) is 4.20. The summed E-state index contributed by atoms with van der Waals surface area (Å²) in [6.07, 6.45) is 0. The Morgan fingerprint density at radius 1 is 1.64 bits per heavy atom. The number of aliphatic hydroxyl groups excluding tert-OH is 1. The fourth-order valence-electron chi connectivity index (χ4n) is 1.08. The second-order valence-electron chi connectivity index (χ2n) is 3.65. The number of aromatic amines is 1. The van der Waals surface area contributed by atoms with E-state index in [1.165, 1.54) is 0 Å². The maximum absolute atomic E-state index is 9.01. The number of nitrogens with zero attached hydrogens (tertiary/aromatic N) is 2. The highest BCUT2D eigenvalue weighted by atomic mass is 32.1. The summed E-state index contributed by atoms with van der Waals surface area (Å²) in [6, 6.07) is 0. The lowest BCUT2D eigenvalue weighted by Crippen LogP contribution is -2.30. The molecule has 0 atom stereocenters. The fourth-order valence-corrected chi connectivity index (χ4v) is 1.29. The number of methoxy groups -OCH3 is 1. The molecule has 0 saturated carbocycles. The average molecular weight is 217 g/mol. The normalized spacial score (nSPS) is 12.0. The van der Waals surface area contributed by atoms with Gasteiger partial charge in [-0.05, 0) is 26.1 Å². The third-order valence-electron chi connectivity index (χ3n) is 2.07. The zero-order chi connectivity index (χ0) is 10.8. The van der Waals surface area contributed by atoms with Crippen LogP contribution in [0.25, 0.3) is 0 Å². The minimum Gasteiger partial charge on any atom is -0.388 e. The summed E-state index contributed by atoms with van der Waals surface area (Å²) in [5.41, 5.74) is -0.327. The molecule has 80 valence electrons. The van der Waals surface area contributed by atoms with E-state index in [0.717, 1.165) is 0 Å². The summed E-state index contributed by atoms with van der Waals surface area (Å²) >= 11 is 5.03. The van der Waals surface area contributed by atoms with Crippen LogP contribution in [0.5, 0.6) is 0 Å². The Morgan fingerprint density at radius 2 is 2.29 bits per heavy atom. The van der Waals surface area contributed by atoms with Crippen LogP contribution in [0.4, 0.5) is 0 Å². The van der Waals surface area contributed by atoms with Gasteiger partial charge in [-0.25, -0.2) is 0 Å². The molecule has 0 aliphatic heterocycles. The molecule has 2 N–H and O–H groups in total. The van der Waals surface area contributed by atoms with Gasteiger partial charge in [0.25, 0.3) is 0 Å². The molecule has 0 radical (unpaired) electrons. The molecule has 6 heteroatoms. The Morgan fingerprint density at radius 3 is 2.79 bits per heavy atom.